The van der Waals surface area contributed by atoms with Crippen molar-refractivity contribution in [3.63, 3.8) is 0 Å². The Labute approximate surface area is 628 Å². The molecule has 1 N–H and O–H groups in total. The van der Waals surface area contributed by atoms with Crippen LogP contribution in [0.15, 0.2) is 182 Å². The summed E-state index contributed by atoms with van der Waals surface area (Å²) < 4.78 is 68.9. The molecule has 6 aromatic rings. The van der Waals surface area contributed by atoms with Gasteiger partial charge in [-0.25, -0.2) is 9.59 Å². The van der Waals surface area contributed by atoms with E-state index in [-0.39, 0.29) is 36.7 Å². The van der Waals surface area contributed by atoms with Crippen LogP contribution in [0.2, 0.25) is 0 Å². The van der Waals surface area contributed by atoms with Crippen molar-refractivity contribution in [2.45, 2.75) is 301 Å². The Bertz CT molecular complexity index is 3260. The Morgan fingerprint density at radius 2 is 0.838 bits per heavy atom. The van der Waals surface area contributed by atoms with Crippen LogP contribution < -0.4 is 15.9 Å². The smallest absolute Gasteiger partial charge is 0.462 e. The summed E-state index contributed by atoms with van der Waals surface area (Å²) in [5.74, 6) is -2.83. The third kappa shape index (κ3) is 32.3. The maximum absolute atomic E-state index is 16.6. The summed E-state index contributed by atoms with van der Waals surface area (Å²) in [7, 11) is -4.38. The van der Waals surface area contributed by atoms with Gasteiger partial charge in [-0.1, -0.05) is 352 Å². The minimum atomic E-state index is -4.38. The van der Waals surface area contributed by atoms with E-state index in [2.05, 4.69) is 26.1 Å². The highest BCUT2D eigenvalue weighted by Gasteiger charge is 2.56. The van der Waals surface area contributed by atoms with E-state index in [1.54, 1.807) is 72.8 Å². The maximum Gasteiger partial charge on any atom is 0.508 e. The average Bonchev–Trinajstić information content (AvgIpc) is 0.754. The zero-order chi connectivity index (χ0) is 74.2. The lowest BCUT2D eigenvalue weighted by atomic mass is 9.91. The second-order valence-electron chi connectivity index (χ2n) is 28.4. The molecule has 15 nitrogen and oxygen atoms in total. The molecular formula is C89H122NO14P. The lowest BCUT2D eigenvalue weighted by molar-refractivity contribution is -0.217. The number of nitrogens with one attached hydrogen (secondary N) is 1. The number of benzene rings is 6. The molecule has 7 rings (SSSR count). The molecule has 1 fully saturated rings. The third-order valence-corrected chi connectivity index (χ3v) is 22.2. The molecule has 6 aromatic carbocycles. The van der Waals surface area contributed by atoms with Gasteiger partial charge in [0.2, 0.25) is 5.91 Å². The van der Waals surface area contributed by atoms with Gasteiger partial charge in [0, 0.05) is 17.0 Å². The first-order valence-corrected chi connectivity index (χ1v) is 41.6. The van der Waals surface area contributed by atoms with Crippen molar-refractivity contribution >= 4 is 47.9 Å². The van der Waals surface area contributed by atoms with Crippen molar-refractivity contribution in [1.82, 2.24) is 5.32 Å². The number of ether oxygens (including phenoxy) is 7. The Hall–Kier alpha value is -7.42. The number of hydrogen-bond acceptors (Lipinski definition) is 14. The average molecular weight is 1460 g/mol. The predicted octanol–water partition coefficient (Wildman–Crippen LogP) is 21.0. The van der Waals surface area contributed by atoms with Gasteiger partial charge in [0.05, 0.1) is 25.6 Å². The fourth-order valence-corrected chi connectivity index (χ4v) is 16.0. The number of esters is 3. The second kappa shape index (κ2) is 51.0. The molecule has 572 valence electrons. The maximum atomic E-state index is 16.6. The van der Waals surface area contributed by atoms with Gasteiger partial charge in [0.25, 0.3) is 7.37 Å². The Morgan fingerprint density at radius 3 is 1.30 bits per heavy atom. The normalized spacial score (nSPS) is 16.4. The predicted molar refractivity (Wildman–Crippen MR) is 417 cm³/mol. The van der Waals surface area contributed by atoms with Crippen LogP contribution in [-0.4, -0.2) is 79.2 Å². The van der Waals surface area contributed by atoms with Gasteiger partial charge in [0.15, 0.2) is 18.3 Å². The van der Waals surface area contributed by atoms with Crippen molar-refractivity contribution in [2.75, 3.05) is 6.61 Å². The fraction of sp³-hybridized carbons (Fsp3) is 0.539. The van der Waals surface area contributed by atoms with E-state index in [0.717, 1.165) is 76.2 Å². The summed E-state index contributed by atoms with van der Waals surface area (Å²) in [5, 5.41) is 3.67. The van der Waals surface area contributed by atoms with E-state index in [4.69, 9.17) is 37.7 Å². The second-order valence-corrected chi connectivity index (χ2v) is 30.7. The molecule has 7 atom stereocenters. The molecule has 1 saturated heterocycles. The van der Waals surface area contributed by atoms with Crippen LogP contribution in [0.1, 0.15) is 267 Å². The van der Waals surface area contributed by atoms with Crippen LogP contribution in [0.5, 0.6) is 0 Å². The lowest BCUT2D eigenvalue weighted by Crippen LogP contribution is -2.68. The molecule has 0 unspecified atom stereocenters. The molecule has 1 aliphatic heterocycles. The van der Waals surface area contributed by atoms with E-state index in [9.17, 15) is 9.59 Å². The summed E-state index contributed by atoms with van der Waals surface area (Å²) in [6.45, 7) is 6.04. The van der Waals surface area contributed by atoms with Gasteiger partial charge in [-0.3, -0.25) is 18.9 Å². The summed E-state index contributed by atoms with van der Waals surface area (Å²) in [5.41, 5.74) is 2.85. The molecule has 0 bridgehead atoms. The monoisotopic (exact) mass is 1460 g/mol. The first kappa shape index (κ1) is 84.8. The molecular weight excluding hydrogens is 1340 g/mol. The number of rotatable bonds is 54. The van der Waals surface area contributed by atoms with Gasteiger partial charge in [-0.15, -0.1) is 0 Å². The molecule has 1 amide bonds. The molecule has 0 aromatic heterocycles. The number of carbonyl (C=O) groups excluding carboxylic acids is 5. The van der Waals surface area contributed by atoms with Gasteiger partial charge >= 0.3 is 24.1 Å². The van der Waals surface area contributed by atoms with Gasteiger partial charge in [-0.05, 0) is 72.2 Å². The van der Waals surface area contributed by atoms with E-state index < -0.39 is 99.1 Å². The van der Waals surface area contributed by atoms with E-state index in [0.29, 0.717) is 42.4 Å². The van der Waals surface area contributed by atoms with Crippen LogP contribution in [0, 0.1) is 0 Å². The first-order valence-electron chi connectivity index (χ1n) is 40.0. The topological polar surface area (TPSA) is 188 Å². The van der Waals surface area contributed by atoms with Crippen molar-refractivity contribution in [3.05, 3.63) is 204 Å². The summed E-state index contributed by atoms with van der Waals surface area (Å²) in [6.07, 6.45) is 21.6. The minimum absolute atomic E-state index is 0.148. The highest BCUT2D eigenvalue weighted by atomic mass is 31.2. The Balaban J connectivity index is 1.29. The molecule has 105 heavy (non-hydrogen) atoms. The third-order valence-electron chi connectivity index (χ3n) is 19.7. The zero-order valence-corrected chi connectivity index (χ0v) is 64.2. The van der Waals surface area contributed by atoms with Crippen LogP contribution in [0.3, 0.4) is 0 Å². The minimum Gasteiger partial charge on any atom is -0.462 e. The lowest BCUT2D eigenvalue weighted by Gasteiger charge is -2.46. The van der Waals surface area contributed by atoms with Crippen LogP contribution >= 0.6 is 7.37 Å². The van der Waals surface area contributed by atoms with Crippen molar-refractivity contribution in [3.8, 4) is 0 Å². The molecule has 16 heteroatoms. The van der Waals surface area contributed by atoms with Gasteiger partial charge < -0.3 is 43.0 Å². The van der Waals surface area contributed by atoms with Crippen LogP contribution in [0.25, 0.3) is 0 Å². The largest absolute Gasteiger partial charge is 0.508 e. The molecule has 0 spiro atoms. The molecule has 1 heterocycles. The summed E-state index contributed by atoms with van der Waals surface area (Å²) in [6, 6.07) is 52.7. The molecule has 0 radical (unpaired) electrons. The molecule has 0 saturated carbocycles. The number of amides is 1. The van der Waals surface area contributed by atoms with Crippen molar-refractivity contribution < 1.29 is 66.2 Å². The SMILES string of the molecule is CCCCCCCCCCCCCC(=O)O[C@H](CCCCCCCCCCC)CC(=O)O[C@@H]1[C@@H](NC(=O)C[C@@H](CCCCCCCCCCC)OCc2ccccc2)[C@@H](C(=O)OC(c2ccccc2)c2ccccc2)O[C@H](COC(=O)OCc2ccccc2)[C@H]1OP(=O)(c1ccccc1)c1ccccc1. The van der Waals surface area contributed by atoms with Gasteiger partial charge in [0.1, 0.15) is 37.6 Å². The highest BCUT2D eigenvalue weighted by molar-refractivity contribution is 7.74. The van der Waals surface area contributed by atoms with E-state index in [1.807, 2.05) is 109 Å². The summed E-state index contributed by atoms with van der Waals surface area (Å²) in [4.78, 5) is 75.2. The Kier molecular flexibility index (Phi) is 41.2. The van der Waals surface area contributed by atoms with Gasteiger partial charge in [-0.2, -0.15) is 0 Å². The standard InChI is InChI=1S/C89H122NO14P/c1-4-7-10-13-16-19-20-23-26-29-50-65-81(92)100-76(60-45-28-25-22-18-15-12-9-6-3)67-82(93)102-86-83(90-80(91)66-75(97-68-71-51-36-30-37-52-71)59-44-27-24-21-17-14-11-8-5-2)87(88(94)103-84(73-55-40-32-41-56-73)74-57-42-33-43-58-74)101-79(70-99-89(95)98-69-72-53-38-31-39-54-72)85(86)104-105(96,77-61-46-34-47-62-77)78-63-48-35-49-64-78/h30-43,46-49,51-58,61-64,75-76,79,83-87H,4-29,44-45,50,59-60,65-70H2,1-3H3,(H,90,91)/t75-,76-,79-,83-,85-,86-,87+/m1/s1. The fourth-order valence-electron chi connectivity index (χ4n) is 13.7. The summed E-state index contributed by atoms with van der Waals surface area (Å²) >= 11 is 0. The van der Waals surface area contributed by atoms with E-state index in [1.165, 1.54) is 103 Å². The Morgan fingerprint density at radius 1 is 0.429 bits per heavy atom. The molecule has 1 aliphatic rings. The number of hydrogen-bond donors (Lipinski definition) is 1. The zero-order valence-electron chi connectivity index (χ0n) is 63.3. The number of unbranched alkanes of at least 4 members (excludes halogenated alkanes) is 26. The van der Waals surface area contributed by atoms with Crippen molar-refractivity contribution in [2.24, 2.45) is 0 Å². The van der Waals surface area contributed by atoms with Crippen LogP contribution in [-0.2, 0) is 74.6 Å². The highest BCUT2D eigenvalue weighted by Crippen LogP contribution is 2.49. The molecule has 0 aliphatic carbocycles. The van der Waals surface area contributed by atoms with Crippen LogP contribution in [0.4, 0.5) is 4.79 Å². The first-order chi connectivity index (χ1) is 51.5. The van der Waals surface area contributed by atoms with E-state index >= 15 is 18.9 Å². The number of carbonyl (C=O) groups is 5. The van der Waals surface area contributed by atoms with Crippen molar-refractivity contribution in [1.29, 1.82) is 0 Å². The quantitative estimate of drug-likeness (QED) is 0.0164.